The molecule has 134 valence electrons. The van der Waals surface area contributed by atoms with Crippen LogP contribution in [0.1, 0.15) is 74.7 Å². The Morgan fingerprint density at radius 2 is 1.52 bits per heavy atom. The summed E-state index contributed by atoms with van der Waals surface area (Å²) in [6, 6.07) is -0.454. The maximum absolute atomic E-state index is 12.7. The molecule has 1 rings (SSSR count). The second-order valence-electron chi connectivity index (χ2n) is 9.28. The van der Waals surface area contributed by atoms with Crippen LogP contribution in [0.15, 0.2) is 0 Å². The van der Waals surface area contributed by atoms with Gasteiger partial charge in [-0.3, -0.25) is 9.59 Å². The molecule has 1 aliphatic rings. The molecule has 1 saturated heterocycles. The van der Waals surface area contributed by atoms with Crippen molar-refractivity contribution in [3.05, 3.63) is 0 Å². The predicted molar refractivity (Wildman–Crippen MR) is 93.2 cm³/mol. The number of ether oxygens (including phenoxy) is 1. The van der Waals surface area contributed by atoms with Gasteiger partial charge in [0.05, 0.1) is 18.2 Å². The number of ketones is 1. The zero-order valence-electron chi connectivity index (χ0n) is 16.2. The number of carbonyl (C=O) groups excluding carboxylic acids is 2. The van der Waals surface area contributed by atoms with E-state index in [1.807, 2.05) is 41.5 Å². The van der Waals surface area contributed by atoms with Gasteiger partial charge < -0.3 is 10.1 Å². The smallest absolute Gasteiger partial charge is 0.220 e. The maximum Gasteiger partial charge on any atom is 0.220 e. The molecule has 3 unspecified atom stereocenters. The molecule has 1 amide bonds. The molecule has 0 spiro atoms. The molecule has 1 aliphatic heterocycles. The van der Waals surface area contributed by atoms with Crippen LogP contribution in [0.25, 0.3) is 0 Å². The number of hydrogen-bond donors (Lipinski definition) is 1. The maximum atomic E-state index is 12.7. The molecule has 0 bridgehead atoms. The van der Waals surface area contributed by atoms with Crippen LogP contribution in [0.2, 0.25) is 0 Å². The van der Waals surface area contributed by atoms with Gasteiger partial charge in [-0.05, 0) is 38.0 Å². The quantitative estimate of drug-likeness (QED) is 0.857. The van der Waals surface area contributed by atoms with E-state index in [0.717, 1.165) is 12.8 Å². The highest BCUT2D eigenvalue weighted by atomic mass is 16.5. The predicted octanol–water partition coefficient (Wildman–Crippen LogP) is 3.73. The SMILES string of the molecule is CC1CC(CC(=O)NC(C(=O)C(C)(C)C)C(C)(C)C)CC(C)O1. The minimum Gasteiger partial charge on any atom is -0.376 e. The van der Waals surface area contributed by atoms with Crippen LogP contribution in [0.5, 0.6) is 0 Å². The van der Waals surface area contributed by atoms with E-state index in [2.05, 4.69) is 19.2 Å². The number of hydrogen-bond acceptors (Lipinski definition) is 3. The standard InChI is InChI=1S/C19H35NO3/c1-12-9-14(10-13(2)23-12)11-15(21)20-16(18(3,4)5)17(22)19(6,7)8/h12-14,16H,9-11H2,1-8H3,(H,20,21). The number of amides is 1. The van der Waals surface area contributed by atoms with E-state index in [1.165, 1.54) is 0 Å². The summed E-state index contributed by atoms with van der Waals surface area (Å²) in [6.45, 7) is 15.8. The van der Waals surface area contributed by atoms with Gasteiger partial charge in [0.25, 0.3) is 0 Å². The summed E-state index contributed by atoms with van der Waals surface area (Å²) in [7, 11) is 0. The monoisotopic (exact) mass is 325 g/mol. The van der Waals surface area contributed by atoms with E-state index in [9.17, 15) is 9.59 Å². The van der Waals surface area contributed by atoms with Crippen molar-refractivity contribution in [2.45, 2.75) is 92.9 Å². The Bertz CT molecular complexity index is 421. The zero-order chi connectivity index (χ0) is 18.0. The lowest BCUT2D eigenvalue weighted by Gasteiger charge is -2.36. The summed E-state index contributed by atoms with van der Waals surface area (Å²) in [5.74, 6) is 0.403. The van der Waals surface area contributed by atoms with Crippen molar-refractivity contribution in [3.8, 4) is 0 Å². The highest BCUT2D eigenvalue weighted by molar-refractivity contribution is 5.93. The Balaban J connectivity index is 2.73. The van der Waals surface area contributed by atoms with E-state index in [0.29, 0.717) is 12.3 Å². The Morgan fingerprint density at radius 1 is 1.04 bits per heavy atom. The lowest BCUT2D eigenvalue weighted by Crippen LogP contribution is -2.53. The van der Waals surface area contributed by atoms with E-state index < -0.39 is 11.5 Å². The van der Waals surface area contributed by atoms with E-state index in [-0.39, 0.29) is 29.3 Å². The second kappa shape index (κ2) is 7.33. The Kier molecular flexibility index (Phi) is 6.42. The van der Waals surface area contributed by atoms with E-state index in [1.54, 1.807) is 0 Å². The van der Waals surface area contributed by atoms with Gasteiger partial charge in [-0.2, -0.15) is 0 Å². The van der Waals surface area contributed by atoms with Crippen molar-refractivity contribution in [1.82, 2.24) is 5.32 Å². The molecule has 0 radical (unpaired) electrons. The molecule has 0 saturated carbocycles. The first-order chi connectivity index (χ1) is 10.3. The summed E-state index contributed by atoms with van der Waals surface area (Å²) >= 11 is 0. The largest absolute Gasteiger partial charge is 0.376 e. The van der Waals surface area contributed by atoms with Gasteiger partial charge in [-0.1, -0.05) is 41.5 Å². The topological polar surface area (TPSA) is 55.4 Å². The molecule has 0 aliphatic carbocycles. The van der Waals surface area contributed by atoms with Crippen molar-refractivity contribution in [3.63, 3.8) is 0 Å². The molecular formula is C19H35NO3. The Labute approximate surface area is 141 Å². The van der Waals surface area contributed by atoms with Crippen molar-refractivity contribution in [2.75, 3.05) is 0 Å². The van der Waals surface area contributed by atoms with Gasteiger partial charge in [0.2, 0.25) is 5.91 Å². The summed E-state index contributed by atoms with van der Waals surface area (Å²) in [6.07, 6.45) is 2.69. The summed E-state index contributed by atoms with van der Waals surface area (Å²) < 4.78 is 5.73. The van der Waals surface area contributed by atoms with Gasteiger partial charge >= 0.3 is 0 Å². The first kappa shape index (κ1) is 20.1. The molecule has 0 aromatic rings. The zero-order valence-corrected chi connectivity index (χ0v) is 16.2. The molecule has 4 heteroatoms. The third kappa shape index (κ3) is 6.25. The first-order valence-electron chi connectivity index (χ1n) is 8.80. The highest BCUT2D eigenvalue weighted by Crippen LogP contribution is 2.30. The molecule has 3 atom stereocenters. The normalized spacial score (nSPS) is 27.4. The summed E-state index contributed by atoms with van der Waals surface area (Å²) in [5.41, 5.74) is -0.761. The van der Waals surface area contributed by atoms with Crippen molar-refractivity contribution in [2.24, 2.45) is 16.7 Å². The molecule has 1 heterocycles. The highest BCUT2D eigenvalue weighted by Gasteiger charge is 2.38. The average Bonchev–Trinajstić information content (AvgIpc) is 2.31. The van der Waals surface area contributed by atoms with Crippen LogP contribution < -0.4 is 5.32 Å². The van der Waals surface area contributed by atoms with Crippen LogP contribution >= 0.6 is 0 Å². The van der Waals surface area contributed by atoms with E-state index in [4.69, 9.17) is 4.74 Å². The fourth-order valence-corrected chi connectivity index (χ4v) is 3.30. The van der Waals surface area contributed by atoms with Crippen LogP contribution in [0, 0.1) is 16.7 Å². The number of rotatable bonds is 4. The fraction of sp³-hybridized carbons (Fsp3) is 0.895. The van der Waals surface area contributed by atoms with Gasteiger partial charge in [0.15, 0.2) is 5.78 Å². The average molecular weight is 325 g/mol. The molecule has 4 nitrogen and oxygen atoms in total. The van der Waals surface area contributed by atoms with Gasteiger partial charge in [0.1, 0.15) is 0 Å². The van der Waals surface area contributed by atoms with Crippen molar-refractivity contribution >= 4 is 11.7 Å². The Hall–Kier alpha value is -0.900. The van der Waals surface area contributed by atoms with Crippen LogP contribution in [-0.2, 0) is 14.3 Å². The molecule has 1 N–H and O–H groups in total. The molecule has 23 heavy (non-hydrogen) atoms. The third-order valence-electron chi connectivity index (χ3n) is 4.44. The molecule has 0 aromatic heterocycles. The number of nitrogens with one attached hydrogen (secondary N) is 1. The first-order valence-corrected chi connectivity index (χ1v) is 8.80. The summed E-state index contributed by atoms with van der Waals surface area (Å²) in [5, 5.41) is 3.01. The summed E-state index contributed by atoms with van der Waals surface area (Å²) in [4.78, 5) is 25.2. The fourth-order valence-electron chi connectivity index (χ4n) is 3.30. The van der Waals surface area contributed by atoms with E-state index >= 15 is 0 Å². The minimum atomic E-state index is -0.465. The van der Waals surface area contributed by atoms with Crippen molar-refractivity contribution in [1.29, 1.82) is 0 Å². The Morgan fingerprint density at radius 3 is 1.91 bits per heavy atom. The molecule has 1 fully saturated rings. The third-order valence-corrected chi connectivity index (χ3v) is 4.44. The van der Waals surface area contributed by atoms with Gasteiger partial charge in [-0.25, -0.2) is 0 Å². The van der Waals surface area contributed by atoms with Crippen LogP contribution in [-0.4, -0.2) is 29.9 Å². The van der Waals surface area contributed by atoms with Crippen molar-refractivity contribution < 1.29 is 14.3 Å². The van der Waals surface area contributed by atoms with Crippen LogP contribution in [0.4, 0.5) is 0 Å². The minimum absolute atomic E-state index is 0.0196. The number of Topliss-reactive ketones (excluding diaryl/α,β-unsaturated/α-hetero) is 1. The molecule has 0 aromatic carbocycles. The van der Waals surface area contributed by atoms with Gasteiger partial charge in [0, 0.05) is 11.8 Å². The lowest BCUT2D eigenvalue weighted by atomic mass is 9.75. The van der Waals surface area contributed by atoms with Gasteiger partial charge in [-0.15, -0.1) is 0 Å². The lowest BCUT2D eigenvalue weighted by molar-refractivity contribution is -0.136. The second-order valence-corrected chi connectivity index (χ2v) is 9.28. The number of carbonyl (C=O) groups is 2. The molecular weight excluding hydrogens is 290 g/mol. The van der Waals surface area contributed by atoms with Crippen LogP contribution in [0.3, 0.4) is 0 Å².